The minimum Gasteiger partial charge on any atom is -0.487 e. The number of hydrogen-bond acceptors (Lipinski definition) is 6. The highest BCUT2D eigenvalue weighted by atomic mass is 32.2. The average Bonchev–Trinajstić information content (AvgIpc) is 2.80. The summed E-state index contributed by atoms with van der Waals surface area (Å²) in [6, 6.07) is 14.3. The molecule has 1 aliphatic heterocycles. The molecule has 0 radical (unpaired) electrons. The van der Waals surface area contributed by atoms with Crippen molar-refractivity contribution in [3.63, 3.8) is 0 Å². The Bertz CT molecular complexity index is 1120. The first kappa shape index (κ1) is 26.2. The van der Waals surface area contributed by atoms with E-state index in [9.17, 15) is 18.6 Å². The molecule has 34 heavy (non-hydrogen) atoms. The maximum absolute atomic E-state index is 13.5. The van der Waals surface area contributed by atoms with E-state index in [4.69, 9.17) is 4.74 Å². The van der Waals surface area contributed by atoms with E-state index in [1.165, 1.54) is 15.9 Å². The van der Waals surface area contributed by atoms with Crippen molar-refractivity contribution < 1.29 is 23.4 Å². The van der Waals surface area contributed by atoms with Gasteiger partial charge in [-0.25, -0.2) is 8.42 Å². The second-order valence-corrected chi connectivity index (χ2v) is 10.9. The fourth-order valence-corrected chi connectivity index (χ4v) is 5.80. The van der Waals surface area contributed by atoms with Gasteiger partial charge in [0.05, 0.1) is 6.61 Å². The fraction of sp³-hybridized carbons (Fsp3) is 0.462. The van der Waals surface area contributed by atoms with Gasteiger partial charge in [-0.15, -0.1) is 0 Å². The van der Waals surface area contributed by atoms with Crippen LogP contribution in [0, 0.1) is 17.8 Å². The Kier molecular flexibility index (Phi) is 8.74. The summed E-state index contributed by atoms with van der Waals surface area (Å²) < 4.78 is 34.8. The van der Waals surface area contributed by atoms with E-state index in [0.717, 1.165) is 6.54 Å². The van der Waals surface area contributed by atoms with Gasteiger partial charge in [-0.3, -0.25) is 4.90 Å². The van der Waals surface area contributed by atoms with Gasteiger partial charge >= 0.3 is 0 Å². The van der Waals surface area contributed by atoms with Crippen molar-refractivity contribution in [3.8, 4) is 17.6 Å². The van der Waals surface area contributed by atoms with Gasteiger partial charge in [-0.2, -0.15) is 4.31 Å². The molecule has 0 spiro atoms. The summed E-state index contributed by atoms with van der Waals surface area (Å²) >= 11 is 0. The third kappa shape index (κ3) is 6.38. The molecule has 0 fully saturated rings. The first-order valence-corrected chi connectivity index (χ1v) is 12.9. The molecule has 1 aliphatic rings. The lowest BCUT2D eigenvalue weighted by atomic mass is 10.0. The normalized spacial score (nSPS) is 21.9. The predicted octanol–water partition coefficient (Wildman–Crippen LogP) is 2.32. The summed E-state index contributed by atoms with van der Waals surface area (Å²) in [5, 5.41) is 19.3. The molecule has 0 unspecified atom stereocenters. The number of hydrogen-bond donors (Lipinski definition) is 2. The van der Waals surface area contributed by atoms with E-state index in [2.05, 4.69) is 28.9 Å². The number of nitrogens with zero attached hydrogens (tertiary/aromatic N) is 2. The minimum absolute atomic E-state index is 0.0537. The zero-order chi connectivity index (χ0) is 24.9. The Morgan fingerprint density at radius 1 is 1.21 bits per heavy atom. The second-order valence-electron chi connectivity index (χ2n) is 9.03. The SMILES string of the molecule is C[C@@H](O)C#Cc1ccc2c(c1)O[C@H](CN(C)Cc1ccccc1)[C@@H](C)CN([C@@H](C)CO)S2(=O)=O. The first-order chi connectivity index (χ1) is 16.1. The molecule has 2 N–H and O–H groups in total. The molecule has 0 aromatic heterocycles. The van der Waals surface area contributed by atoms with Crippen molar-refractivity contribution in [2.45, 2.75) is 50.5 Å². The average molecular weight is 487 g/mol. The molecular weight excluding hydrogens is 452 g/mol. The maximum atomic E-state index is 13.5. The van der Waals surface area contributed by atoms with Crippen molar-refractivity contribution in [1.82, 2.24) is 9.21 Å². The van der Waals surface area contributed by atoms with E-state index in [1.807, 2.05) is 32.2 Å². The summed E-state index contributed by atoms with van der Waals surface area (Å²) in [7, 11) is -1.89. The fourth-order valence-electron chi connectivity index (χ4n) is 3.98. The molecule has 1 heterocycles. The summed E-state index contributed by atoms with van der Waals surface area (Å²) in [5.74, 6) is 5.64. The lowest BCUT2D eigenvalue weighted by molar-refractivity contribution is 0.0733. The van der Waals surface area contributed by atoms with Gasteiger partial charge in [0.15, 0.2) is 0 Å². The first-order valence-electron chi connectivity index (χ1n) is 11.5. The van der Waals surface area contributed by atoms with Gasteiger partial charge in [0.2, 0.25) is 10.0 Å². The quantitative estimate of drug-likeness (QED) is 0.609. The summed E-state index contributed by atoms with van der Waals surface area (Å²) in [5.41, 5.74) is 1.74. The number of sulfonamides is 1. The van der Waals surface area contributed by atoms with Gasteiger partial charge in [0.25, 0.3) is 0 Å². The number of rotatable bonds is 6. The van der Waals surface area contributed by atoms with E-state index >= 15 is 0 Å². The summed E-state index contributed by atoms with van der Waals surface area (Å²) in [6.07, 6.45) is -1.09. The highest BCUT2D eigenvalue weighted by molar-refractivity contribution is 7.89. The second kappa shape index (κ2) is 11.3. The van der Waals surface area contributed by atoms with E-state index in [1.54, 1.807) is 26.0 Å². The number of likely N-dealkylation sites (N-methyl/N-ethyl adjacent to an activating group) is 1. The molecule has 184 valence electrons. The van der Waals surface area contributed by atoms with Crippen LogP contribution < -0.4 is 4.74 Å². The van der Waals surface area contributed by atoms with Crippen LogP contribution in [0.3, 0.4) is 0 Å². The Hall–Kier alpha value is -2.41. The Balaban J connectivity index is 1.99. The van der Waals surface area contributed by atoms with Crippen LogP contribution in [0.5, 0.6) is 5.75 Å². The molecule has 8 heteroatoms. The van der Waals surface area contributed by atoms with Crippen LogP contribution in [0.15, 0.2) is 53.4 Å². The zero-order valence-electron chi connectivity index (χ0n) is 20.2. The molecule has 2 aromatic rings. The lowest BCUT2D eigenvalue weighted by Crippen LogP contribution is -2.49. The van der Waals surface area contributed by atoms with Gasteiger partial charge in [-0.05, 0) is 44.7 Å². The van der Waals surface area contributed by atoms with Crippen molar-refractivity contribution in [2.24, 2.45) is 5.92 Å². The van der Waals surface area contributed by atoms with Crippen molar-refractivity contribution in [1.29, 1.82) is 0 Å². The summed E-state index contributed by atoms with van der Waals surface area (Å²) in [6.45, 7) is 6.50. The smallest absolute Gasteiger partial charge is 0.247 e. The van der Waals surface area contributed by atoms with Gasteiger partial charge < -0.3 is 14.9 Å². The highest BCUT2D eigenvalue weighted by Crippen LogP contribution is 2.34. The minimum atomic E-state index is -3.90. The van der Waals surface area contributed by atoms with Crippen LogP contribution in [0.4, 0.5) is 0 Å². The lowest BCUT2D eigenvalue weighted by Gasteiger charge is -2.37. The zero-order valence-corrected chi connectivity index (χ0v) is 21.0. The van der Waals surface area contributed by atoms with E-state index in [0.29, 0.717) is 12.1 Å². The van der Waals surface area contributed by atoms with E-state index < -0.39 is 22.2 Å². The number of aliphatic hydroxyl groups excluding tert-OH is 2. The standard InChI is InChI=1S/C26H34N2O5S/c1-19-15-28(20(2)18-29)34(31,32)26-13-12-22(11-10-21(3)30)14-24(26)33-25(19)17-27(4)16-23-8-6-5-7-9-23/h5-9,12-14,19-21,25,29-30H,15-18H2,1-4H3/t19-,20-,21+,25+/m0/s1. The van der Waals surface area contributed by atoms with Crippen LogP contribution in [0.1, 0.15) is 31.9 Å². The van der Waals surface area contributed by atoms with Gasteiger partial charge in [0.1, 0.15) is 22.9 Å². The molecule has 3 rings (SSSR count). The maximum Gasteiger partial charge on any atom is 0.247 e. The van der Waals surface area contributed by atoms with Gasteiger partial charge in [0, 0.05) is 37.2 Å². The number of benzene rings is 2. The molecule has 0 saturated heterocycles. The molecule has 0 bridgehead atoms. The number of aliphatic hydroxyl groups is 2. The molecular formula is C26H34N2O5S. The third-order valence-corrected chi connectivity index (χ3v) is 7.90. The van der Waals surface area contributed by atoms with E-state index in [-0.39, 0.29) is 35.8 Å². The van der Waals surface area contributed by atoms with Crippen molar-refractivity contribution in [2.75, 3.05) is 26.7 Å². The third-order valence-electron chi connectivity index (χ3n) is 5.88. The molecule has 0 saturated carbocycles. The van der Waals surface area contributed by atoms with Crippen molar-refractivity contribution >= 4 is 10.0 Å². The number of fused-ring (bicyclic) bond motifs is 1. The van der Waals surface area contributed by atoms with Crippen LogP contribution >= 0.6 is 0 Å². The highest BCUT2D eigenvalue weighted by Gasteiger charge is 2.38. The topological polar surface area (TPSA) is 90.3 Å². The van der Waals surface area contributed by atoms with Crippen LogP contribution in [-0.2, 0) is 16.6 Å². The largest absolute Gasteiger partial charge is 0.487 e. The predicted molar refractivity (Wildman–Crippen MR) is 132 cm³/mol. The Morgan fingerprint density at radius 2 is 1.91 bits per heavy atom. The van der Waals surface area contributed by atoms with Gasteiger partial charge in [-0.1, -0.05) is 49.1 Å². The Morgan fingerprint density at radius 3 is 2.56 bits per heavy atom. The van der Waals surface area contributed by atoms with Crippen LogP contribution in [0.2, 0.25) is 0 Å². The molecule has 0 amide bonds. The monoisotopic (exact) mass is 486 g/mol. The van der Waals surface area contributed by atoms with Crippen LogP contribution in [-0.4, -0.2) is 72.8 Å². The molecule has 2 aromatic carbocycles. The van der Waals surface area contributed by atoms with Crippen molar-refractivity contribution in [3.05, 3.63) is 59.7 Å². The molecule has 0 aliphatic carbocycles. The molecule has 7 nitrogen and oxygen atoms in total. The summed E-state index contributed by atoms with van der Waals surface area (Å²) in [4.78, 5) is 2.21. The number of ether oxygens (including phenoxy) is 1. The van der Waals surface area contributed by atoms with Crippen LogP contribution in [0.25, 0.3) is 0 Å². The Labute approximate surface area is 203 Å². The molecule has 4 atom stereocenters.